The number of hydrogen-bond acceptors (Lipinski definition) is 2. The molecular weight excluding hydrogens is 244 g/mol. The van der Waals surface area contributed by atoms with Gasteiger partial charge in [-0.25, -0.2) is 0 Å². The number of pyridine rings is 1. The molecule has 0 spiro atoms. The van der Waals surface area contributed by atoms with E-state index in [1.54, 1.807) is 0 Å². The van der Waals surface area contributed by atoms with Gasteiger partial charge in [-0.2, -0.15) is 0 Å². The minimum Gasteiger partial charge on any atom is -0.380 e. The summed E-state index contributed by atoms with van der Waals surface area (Å²) in [6.45, 7) is 2.14. The van der Waals surface area contributed by atoms with Gasteiger partial charge in [0, 0.05) is 18.2 Å². The summed E-state index contributed by atoms with van der Waals surface area (Å²) in [5.41, 5.74) is 3.92. The number of anilines is 1. The fourth-order valence-corrected chi connectivity index (χ4v) is 3.22. The Hall–Kier alpha value is -1.83. The monoisotopic (exact) mass is 266 g/mol. The first-order valence-corrected chi connectivity index (χ1v) is 7.56. The van der Waals surface area contributed by atoms with Crippen LogP contribution in [0.15, 0.2) is 48.8 Å². The number of aromatic nitrogens is 1. The zero-order chi connectivity index (χ0) is 13.8. The largest absolute Gasteiger partial charge is 0.380 e. The number of aryl methyl sites for hydroxylation is 1. The van der Waals surface area contributed by atoms with Crippen LogP contribution >= 0.6 is 0 Å². The molecule has 3 rings (SSSR count). The first kappa shape index (κ1) is 13.2. The van der Waals surface area contributed by atoms with Crippen LogP contribution < -0.4 is 5.32 Å². The summed E-state index contributed by atoms with van der Waals surface area (Å²) in [5, 5.41) is 3.74. The van der Waals surface area contributed by atoms with Crippen molar-refractivity contribution in [1.29, 1.82) is 0 Å². The molecule has 2 unspecified atom stereocenters. The Morgan fingerprint density at radius 2 is 1.85 bits per heavy atom. The van der Waals surface area contributed by atoms with E-state index in [9.17, 15) is 0 Å². The second-order valence-electron chi connectivity index (χ2n) is 5.74. The quantitative estimate of drug-likeness (QED) is 0.883. The molecule has 1 fully saturated rings. The van der Waals surface area contributed by atoms with Gasteiger partial charge in [0.2, 0.25) is 0 Å². The standard InChI is InChI=1S/C18H22N2/c1-14-11-12-19-13-18(14)20-17-10-6-5-9-16(17)15-7-3-2-4-8-15/h2-4,7-8,11-13,16-17,20H,5-6,9-10H2,1H3. The van der Waals surface area contributed by atoms with Crippen molar-refractivity contribution in [2.75, 3.05) is 5.32 Å². The van der Waals surface area contributed by atoms with Crippen molar-refractivity contribution < 1.29 is 0 Å². The Balaban J connectivity index is 1.81. The van der Waals surface area contributed by atoms with Gasteiger partial charge in [0.1, 0.15) is 0 Å². The molecule has 0 amide bonds. The average Bonchev–Trinajstić information content (AvgIpc) is 2.51. The first-order valence-electron chi connectivity index (χ1n) is 7.56. The maximum Gasteiger partial charge on any atom is 0.0558 e. The molecular formula is C18H22N2. The van der Waals surface area contributed by atoms with E-state index in [4.69, 9.17) is 0 Å². The molecule has 1 aliphatic carbocycles. The molecule has 0 bridgehead atoms. The van der Waals surface area contributed by atoms with E-state index < -0.39 is 0 Å². The predicted molar refractivity (Wildman–Crippen MR) is 84.0 cm³/mol. The van der Waals surface area contributed by atoms with E-state index >= 15 is 0 Å². The lowest BCUT2D eigenvalue weighted by molar-refractivity contribution is 0.405. The molecule has 2 aromatic rings. The third kappa shape index (κ3) is 2.84. The summed E-state index contributed by atoms with van der Waals surface area (Å²) in [5.74, 6) is 0.615. The Labute approximate surface area is 121 Å². The van der Waals surface area contributed by atoms with Crippen LogP contribution in [0.5, 0.6) is 0 Å². The summed E-state index contributed by atoms with van der Waals surface area (Å²) in [6, 6.07) is 13.5. The van der Waals surface area contributed by atoms with Crippen LogP contribution in [0.2, 0.25) is 0 Å². The lowest BCUT2D eigenvalue weighted by Crippen LogP contribution is -2.31. The molecule has 104 valence electrons. The van der Waals surface area contributed by atoms with Gasteiger partial charge in [-0.1, -0.05) is 43.2 Å². The van der Waals surface area contributed by atoms with Gasteiger partial charge in [-0.05, 0) is 37.0 Å². The van der Waals surface area contributed by atoms with Crippen LogP contribution in [-0.4, -0.2) is 11.0 Å². The van der Waals surface area contributed by atoms with Crippen molar-refractivity contribution >= 4 is 5.69 Å². The van der Waals surface area contributed by atoms with Crippen molar-refractivity contribution in [3.8, 4) is 0 Å². The van der Waals surface area contributed by atoms with Crippen LogP contribution in [0.3, 0.4) is 0 Å². The molecule has 1 aliphatic rings. The lowest BCUT2D eigenvalue weighted by Gasteiger charge is -2.33. The third-order valence-corrected chi connectivity index (χ3v) is 4.37. The lowest BCUT2D eigenvalue weighted by atomic mass is 9.80. The second kappa shape index (κ2) is 6.08. The molecule has 1 heterocycles. The van der Waals surface area contributed by atoms with E-state index in [1.807, 2.05) is 12.4 Å². The Morgan fingerprint density at radius 1 is 1.05 bits per heavy atom. The summed E-state index contributed by atoms with van der Waals surface area (Å²) >= 11 is 0. The first-order chi connectivity index (χ1) is 9.84. The van der Waals surface area contributed by atoms with Crippen molar-refractivity contribution in [3.05, 3.63) is 59.9 Å². The van der Waals surface area contributed by atoms with Crippen LogP contribution in [0.4, 0.5) is 5.69 Å². The van der Waals surface area contributed by atoms with Crippen LogP contribution in [0, 0.1) is 6.92 Å². The maximum absolute atomic E-state index is 4.25. The van der Waals surface area contributed by atoms with Gasteiger partial charge in [0.25, 0.3) is 0 Å². The second-order valence-corrected chi connectivity index (χ2v) is 5.74. The minimum atomic E-state index is 0.522. The fraction of sp³-hybridized carbons (Fsp3) is 0.389. The van der Waals surface area contributed by atoms with E-state index in [0.29, 0.717) is 12.0 Å². The summed E-state index contributed by atoms with van der Waals surface area (Å²) in [7, 11) is 0. The Bertz CT molecular complexity index is 550. The van der Waals surface area contributed by atoms with Crippen molar-refractivity contribution in [1.82, 2.24) is 4.98 Å². The highest BCUT2D eigenvalue weighted by Gasteiger charge is 2.26. The number of nitrogens with zero attached hydrogens (tertiary/aromatic N) is 1. The molecule has 1 aromatic carbocycles. The van der Waals surface area contributed by atoms with E-state index in [2.05, 4.69) is 53.6 Å². The predicted octanol–water partition coefficient (Wildman–Crippen LogP) is 4.53. The van der Waals surface area contributed by atoms with Crippen molar-refractivity contribution in [2.45, 2.75) is 44.6 Å². The molecule has 2 atom stereocenters. The highest BCUT2D eigenvalue weighted by molar-refractivity contribution is 5.49. The van der Waals surface area contributed by atoms with Crippen LogP contribution in [0.25, 0.3) is 0 Å². The van der Waals surface area contributed by atoms with Crippen molar-refractivity contribution in [2.24, 2.45) is 0 Å². The van der Waals surface area contributed by atoms with Gasteiger partial charge in [0.15, 0.2) is 0 Å². The number of benzene rings is 1. The molecule has 1 aromatic heterocycles. The summed E-state index contributed by atoms with van der Waals surface area (Å²) < 4.78 is 0. The number of nitrogens with one attached hydrogen (secondary N) is 1. The average molecular weight is 266 g/mol. The number of rotatable bonds is 3. The normalized spacial score (nSPS) is 22.4. The van der Waals surface area contributed by atoms with Gasteiger partial charge in [0.05, 0.1) is 11.9 Å². The fourth-order valence-electron chi connectivity index (χ4n) is 3.22. The maximum atomic E-state index is 4.25. The summed E-state index contributed by atoms with van der Waals surface area (Å²) in [6.07, 6.45) is 8.99. The Morgan fingerprint density at radius 3 is 2.65 bits per heavy atom. The zero-order valence-electron chi connectivity index (χ0n) is 12.0. The van der Waals surface area contributed by atoms with Crippen LogP contribution in [0.1, 0.15) is 42.7 Å². The SMILES string of the molecule is Cc1ccncc1NC1CCCCC1c1ccccc1. The molecule has 20 heavy (non-hydrogen) atoms. The Kier molecular flexibility index (Phi) is 4.00. The van der Waals surface area contributed by atoms with Crippen LogP contribution in [-0.2, 0) is 0 Å². The molecule has 0 aliphatic heterocycles. The minimum absolute atomic E-state index is 0.522. The topological polar surface area (TPSA) is 24.9 Å². The van der Waals surface area contributed by atoms with Gasteiger partial charge < -0.3 is 5.32 Å². The van der Waals surface area contributed by atoms with E-state index in [0.717, 1.165) is 0 Å². The molecule has 1 saturated carbocycles. The zero-order valence-corrected chi connectivity index (χ0v) is 12.0. The number of hydrogen-bond donors (Lipinski definition) is 1. The molecule has 0 radical (unpaired) electrons. The van der Waals surface area contributed by atoms with Crippen molar-refractivity contribution in [3.63, 3.8) is 0 Å². The van der Waals surface area contributed by atoms with E-state index in [1.165, 1.54) is 42.5 Å². The molecule has 2 nitrogen and oxygen atoms in total. The molecule has 2 heteroatoms. The third-order valence-electron chi connectivity index (χ3n) is 4.37. The molecule has 0 saturated heterocycles. The highest BCUT2D eigenvalue weighted by Crippen LogP contribution is 2.35. The molecule has 1 N–H and O–H groups in total. The highest BCUT2D eigenvalue weighted by atomic mass is 14.9. The van der Waals surface area contributed by atoms with Gasteiger partial charge in [-0.15, -0.1) is 0 Å². The summed E-state index contributed by atoms with van der Waals surface area (Å²) in [4.78, 5) is 4.25. The van der Waals surface area contributed by atoms with Gasteiger partial charge in [-0.3, -0.25) is 4.98 Å². The van der Waals surface area contributed by atoms with E-state index in [-0.39, 0.29) is 0 Å². The van der Waals surface area contributed by atoms with Gasteiger partial charge >= 0.3 is 0 Å². The smallest absolute Gasteiger partial charge is 0.0558 e.